The number of hydrogen-bond acceptors (Lipinski definition) is 5. The Kier molecular flexibility index (Phi) is 7.74. The van der Waals surface area contributed by atoms with Crippen molar-refractivity contribution in [2.45, 2.75) is 22.8 Å². The van der Waals surface area contributed by atoms with Gasteiger partial charge in [0.05, 0.1) is 52.6 Å². The number of nitrogens with zero attached hydrogens (tertiary/aromatic N) is 1. The maximum absolute atomic E-state index is 13.7. The second kappa shape index (κ2) is 11.5. The van der Waals surface area contributed by atoms with Crippen LogP contribution in [0, 0.1) is 0 Å². The van der Waals surface area contributed by atoms with Gasteiger partial charge in [-0.05, 0) is 60.0 Å². The number of nitrogens with one attached hydrogen (secondary N) is 1. The van der Waals surface area contributed by atoms with E-state index >= 15 is 0 Å². The highest BCUT2D eigenvalue weighted by molar-refractivity contribution is 7.85. The van der Waals surface area contributed by atoms with Gasteiger partial charge in [-0.3, -0.25) is 9.59 Å². The average Bonchev–Trinajstić information content (AvgIpc) is 3.06. The molecule has 1 heterocycles. The van der Waals surface area contributed by atoms with Gasteiger partial charge in [-0.1, -0.05) is 48.5 Å². The monoisotopic (exact) mass is 540 g/mol. The van der Waals surface area contributed by atoms with Crippen LogP contribution < -0.4 is 19.7 Å². The Morgan fingerprint density at radius 3 is 2.33 bits per heavy atom. The van der Waals surface area contributed by atoms with Crippen LogP contribution in [0.4, 0.5) is 5.69 Å². The SMILES string of the molecule is COc1ccc(CCNC(=O)c2ccc3c(c2)N(Cc2ccccc2)C(=O)c2ccccc2[S@]3=O)cc1OC. The number of ether oxygens (including phenoxy) is 2. The first-order valence-corrected chi connectivity index (χ1v) is 13.6. The Balaban J connectivity index is 1.41. The molecule has 8 heteroatoms. The number of amides is 2. The van der Waals surface area contributed by atoms with Gasteiger partial charge < -0.3 is 19.7 Å². The minimum absolute atomic E-state index is 0.257. The van der Waals surface area contributed by atoms with Crippen LogP contribution in [0.15, 0.2) is 101 Å². The van der Waals surface area contributed by atoms with Crippen LogP contribution in [0.5, 0.6) is 11.5 Å². The van der Waals surface area contributed by atoms with Crippen LogP contribution in [-0.4, -0.2) is 36.8 Å². The van der Waals surface area contributed by atoms with E-state index in [4.69, 9.17) is 9.47 Å². The molecule has 4 aromatic rings. The van der Waals surface area contributed by atoms with E-state index in [-0.39, 0.29) is 18.4 Å². The summed E-state index contributed by atoms with van der Waals surface area (Å²) in [5.41, 5.74) is 3.15. The third kappa shape index (κ3) is 5.42. The van der Waals surface area contributed by atoms with E-state index in [1.54, 1.807) is 61.6 Å². The highest BCUT2D eigenvalue weighted by Gasteiger charge is 2.31. The molecule has 198 valence electrons. The summed E-state index contributed by atoms with van der Waals surface area (Å²) in [5, 5.41) is 2.95. The third-order valence-corrected chi connectivity index (χ3v) is 8.10. The number of anilines is 1. The van der Waals surface area contributed by atoms with E-state index in [1.807, 2.05) is 48.5 Å². The lowest BCUT2D eigenvalue weighted by Crippen LogP contribution is -2.31. The van der Waals surface area contributed by atoms with Crippen LogP contribution >= 0.6 is 0 Å². The molecular formula is C31H28N2O5S. The number of carbonyl (C=O) groups excluding carboxylic acids is 2. The van der Waals surface area contributed by atoms with Gasteiger partial charge in [0.2, 0.25) is 0 Å². The lowest BCUT2D eigenvalue weighted by molar-refractivity contribution is 0.0950. The summed E-state index contributed by atoms with van der Waals surface area (Å²) in [7, 11) is 1.59. The van der Waals surface area contributed by atoms with Gasteiger partial charge >= 0.3 is 0 Å². The van der Waals surface area contributed by atoms with E-state index in [9.17, 15) is 13.8 Å². The maximum Gasteiger partial charge on any atom is 0.259 e. The highest BCUT2D eigenvalue weighted by atomic mass is 32.2. The standard InChI is InChI=1S/C31H28N2O5S/c1-37-26-14-12-21(18-27(26)38-2)16-17-32-30(34)23-13-15-29-25(19-23)33(20-22-8-4-3-5-9-22)31(35)24-10-6-7-11-28(24)39(29)36/h3-15,18-19H,16-17,20H2,1-2H3,(H,32,34)/t39-/m1/s1. The van der Waals surface area contributed by atoms with Gasteiger partial charge in [-0.15, -0.1) is 0 Å². The molecule has 0 saturated heterocycles. The molecule has 39 heavy (non-hydrogen) atoms. The van der Waals surface area contributed by atoms with Gasteiger partial charge in [0.15, 0.2) is 11.5 Å². The van der Waals surface area contributed by atoms with Crippen molar-refractivity contribution in [1.29, 1.82) is 0 Å². The number of methoxy groups -OCH3 is 2. The molecule has 7 nitrogen and oxygen atoms in total. The molecule has 2 amide bonds. The van der Waals surface area contributed by atoms with Crippen molar-refractivity contribution in [2.24, 2.45) is 0 Å². The molecule has 1 aliphatic rings. The Labute approximate surface area is 229 Å². The van der Waals surface area contributed by atoms with Crippen LogP contribution in [-0.2, 0) is 23.8 Å². The van der Waals surface area contributed by atoms with Gasteiger partial charge in [-0.2, -0.15) is 0 Å². The molecule has 0 unspecified atom stereocenters. The van der Waals surface area contributed by atoms with Gasteiger partial charge in [0.25, 0.3) is 11.8 Å². The summed E-state index contributed by atoms with van der Waals surface area (Å²) in [6.45, 7) is 0.679. The zero-order valence-electron chi connectivity index (χ0n) is 21.7. The molecular weight excluding hydrogens is 512 g/mol. The number of fused-ring (bicyclic) bond motifs is 2. The minimum Gasteiger partial charge on any atom is -0.493 e. The second-order valence-electron chi connectivity index (χ2n) is 9.02. The molecule has 1 N–H and O–H groups in total. The molecule has 1 aliphatic heterocycles. The fourth-order valence-corrected chi connectivity index (χ4v) is 5.93. The van der Waals surface area contributed by atoms with Gasteiger partial charge in [0.1, 0.15) is 0 Å². The van der Waals surface area contributed by atoms with E-state index in [0.29, 0.717) is 51.1 Å². The zero-order valence-corrected chi connectivity index (χ0v) is 22.5. The molecule has 0 spiro atoms. The van der Waals surface area contributed by atoms with Crippen LogP contribution in [0.2, 0.25) is 0 Å². The summed E-state index contributed by atoms with van der Waals surface area (Å²) < 4.78 is 24.2. The fraction of sp³-hybridized carbons (Fsp3) is 0.161. The lowest BCUT2D eigenvalue weighted by atomic mass is 10.1. The molecule has 4 aromatic carbocycles. The third-order valence-electron chi connectivity index (χ3n) is 6.60. The first kappa shape index (κ1) is 26.2. The maximum atomic E-state index is 13.7. The summed E-state index contributed by atoms with van der Waals surface area (Å²) in [6, 6.07) is 27.2. The molecule has 0 bridgehead atoms. The topological polar surface area (TPSA) is 84.9 Å². The van der Waals surface area contributed by atoms with Crippen molar-refractivity contribution < 1.29 is 23.3 Å². The van der Waals surface area contributed by atoms with Crippen molar-refractivity contribution in [3.63, 3.8) is 0 Å². The summed E-state index contributed by atoms with van der Waals surface area (Å²) in [5.74, 6) is 0.735. The van der Waals surface area contributed by atoms with E-state index in [2.05, 4.69) is 5.32 Å². The minimum atomic E-state index is -1.58. The van der Waals surface area contributed by atoms with E-state index in [1.165, 1.54) is 0 Å². The van der Waals surface area contributed by atoms with Crippen molar-refractivity contribution in [1.82, 2.24) is 5.32 Å². The van der Waals surface area contributed by atoms with Crippen LogP contribution in [0.25, 0.3) is 0 Å². The molecule has 5 rings (SSSR count). The highest BCUT2D eigenvalue weighted by Crippen LogP contribution is 2.36. The smallest absolute Gasteiger partial charge is 0.259 e. The summed E-state index contributed by atoms with van der Waals surface area (Å²) in [6.07, 6.45) is 0.592. The lowest BCUT2D eigenvalue weighted by Gasteiger charge is -2.23. The first-order chi connectivity index (χ1) is 19.0. The Morgan fingerprint density at radius 2 is 1.56 bits per heavy atom. The summed E-state index contributed by atoms with van der Waals surface area (Å²) in [4.78, 5) is 29.4. The largest absolute Gasteiger partial charge is 0.493 e. The van der Waals surface area contributed by atoms with Crippen LogP contribution in [0.1, 0.15) is 31.8 Å². The molecule has 1 atom stereocenters. The number of rotatable bonds is 8. The predicted molar refractivity (Wildman–Crippen MR) is 150 cm³/mol. The number of carbonyl (C=O) groups is 2. The molecule has 0 saturated carbocycles. The van der Waals surface area contributed by atoms with Crippen molar-refractivity contribution in [2.75, 3.05) is 25.7 Å². The van der Waals surface area contributed by atoms with Gasteiger partial charge in [0, 0.05) is 12.1 Å². The van der Waals surface area contributed by atoms with Crippen molar-refractivity contribution in [3.05, 3.63) is 113 Å². The van der Waals surface area contributed by atoms with E-state index < -0.39 is 10.8 Å². The van der Waals surface area contributed by atoms with Gasteiger partial charge in [-0.25, -0.2) is 4.21 Å². The predicted octanol–water partition coefficient (Wildman–Crippen LogP) is 5.00. The van der Waals surface area contributed by atoms with Crippen LogP contribution in [0.3, 0.4) is 0 Å². The summed E-state index contributed by atoms with van der Waals surface area (Å²) >= 11 is 0. The molecule has 0 radical (unpaired) electrons. The molecule has 0 aliphatic carbocycles. The van der Waals surface area contributed by atoms with Crippen molar-refractivity contribution in [3.8, 4) is 11.5 Å². The van der Waals surface area contributed by atoms with Crippen molar-refractivity contribution >= 4 is 28.3 Å². The zero-order chi connectivity index (χ0) is 27.4. The normalized spacial score (nSPS) is 14.2. The second-order valence-corrected chi connectivity index (χ2v) is 10.4. The first-order valence-electron chi connectivity index (χ1n) is 12.5. The average molecular weight is 541 g/mol. The van der Waals surface area contributed by atoms with E-state index in [0.717, 1.165) is 11.1 Å². The Morgan fingerprint density at radius 1 is 0.821 bits per heavy atom. The molecule has 0 aromatic heterocycles. The molecule has 0 fully saturated rings. The Hall–Kier alpha value is -4.43. The Bertz CT molecular complexity index is 1550. The number of benzene rings is 4. The quantitative estimate of drug-likeness (QED) is 0.340. The number of hydrogen-bond donors (Lipinski definition) is 1. The fourth-order valence-electron chi connectivity index (χ4n) is 4.59.